The maximum absolute atomic E-state index is 11.8. The van der Waals surface area contributed by atoms with E-state index in [9.17, 15) is 4.79 Å². The Hall–Kier alpha value is -1.71. The van der Waals surface area contributed by atoms with Gasteiger partial charge in [0.1, 0.15) is 11.9 Å². The largest absolute Gasteiger partial charge is 0.482 e. The van der Waals surface area contributed by atoms with Gasteiger partial charge in [-0.1, -0.05) is 19.9 Å². The molecule has 0 amide bonds. The molecule has 4 nitrogen and oxygen atoms in total. The molecule has 0 radical (unpaired) electrons. The van der Waals surface area contributed by atoms with E-state index in [1.165, 1.54) is 6.42 Å². The van der Waals surface area contributed by atoms with Crippen LogP contribution in [-0.2, 0) is 9.53 Å². The monoisotopic (exact) mass is 277 g/mol. The minimum Gasteiger partial charge on any atom is -0.482 e. The first-order valence-corrected chi connectivity index (χ1v) is 7.20. The van der Waals surface area contributed by atoms with Gasteiger partial charge in [-0.05, 0) is 43.2 Å². The molecule has 4 heteroatoms. The predicted molar refractivity (Wildman–Crippen MR) is 78.4 cm³/mol. The number of rotatable bonds is 4. The molecule has 1 saturated carbocycles. The summed E-state index contributed by atoms with van der Waals surface area (Å²) < 4.78 is 10.9. The number of carbonyl (C=O) groups is 1. The van der Waals surface area contributed by atoms with Crippen LogP contribution in [0.25, 0.3) is 0 Å². The number of esters is 1. The van der Waals surface area contributed by atoms with Crippen molar-refractivity contribution in [2.45, 2.75) is 39.2 Å². The lowest BCUT2D eigenvalue weighted by molar-refractivity contribution is -0.154. The van der Waals surface area contributed by atoms with E-state index >= 15 is 0 Å². The number of anilines is 1. The summed E-state index contributed by atoms with van der Waals surface area (Å²) in [6.45, 7) is 4.35. The molecule has 1 aliphatic rings. The predicted octanol–water partition coefficient (Wildman–Crippen LogP) is 3.02. The highest BCUT2D eigenvalue weighted by Gasteiger charge is 2.26. The minimum atomic E-state index is -0.307. The topological polar surface area (TPSA) is 61.5 Å². The van der Waals surface area contributed by atoms with Crippen LogP contribution < -0.4 is 10.5 Å². The highest BCUT2D eigenvalue weighted by molar-refractivity contribution is 5.71. The van der Waals surface area contributed by atoms with E-state index in [1.807, 2.05) is 0 Å². The standard InChI is InChI=1S/C16H23NO3/c1-11-6-12(2)8-15(7-11)20-16(18)10-19-14-5-3-4-13(17)9-14/h3-5,9,11-12,15H,6-8,10,17H2,1-2H3. The molecule has 1 fully saturated rings. The molecule has 1 aromatic carbocycles. The Morgan fingerprint density at radius 3 is 2.60 bits per heavy atom. The lowest BCUT2D eigenvalue weighted by atomic mass is 9.82. The Labute approximate surface area is 120 Å². The van der Waals surface area contributed by atoms with Gasteiger partial charge in [-0.15, -0.1) is 0 Å². The lowest BCUT2D eigenvalue weighted by Crippen LogP contribution is -2.30. The van der Waals surface area contributed by atoms with Gasteiger partial charge >= 0.3 is 5.97 Å². The van der Waals surface area contributed by atoms with E-state index in [0.717, 1.165) is 12.8 Å². The fourth-order valence-electron chi connectivity index (χ4n) is 2.94. The number of nitrogen functional groups attached to an aromatic ring is 1. The van der Waals surface area contributed by atoms with E-state index in [0.29, 0.717) is 23.3 Å². The molecular weight excluding hydrogens is 254 g/mol. The summed E-state index contributed by atoms with van der Waals surface area (Å²) in [7, 11) is 0. The van der Waals surface area contributed by atoms with E-state index < -0.39 is 0 Å². The first-order valence-electron chi connectivity index (χ1n) is 7.20. The smallest absolute Gasteiger partial charge is 0.344 e. The van der Waals surface area contributed by atoms with Crippen LogP contribution in [0.4, 0.5) is 5.69 Å². The van der Waals surface area contributed by atoms with Crippen LogP contribution in [0.5, 0.6) is 5.75 Å². The highest BCUT2D eigenvalue weighted by Crippen LogP contribution is 2.30. The zero-order valence-electron chi connectivity index (χ0n) is 12.2. The van der Waals surface area contributed by atoms with Gasteiger partial charge in [0, 0.05) is 11.8 Å². The summed E-state index contributed by atoms with van der Waals surface area (Å²) in [4.78, 5) is 11.8. The maximum atomic E-state index is 11.8. The van der Waals surface area contributed by atoms with Gasteiger partial charge in [0.15, 0.2) is 6.61 Å². The molecule has 1 aromatic rings. The maximum Gasteiger partial charge on any atom is 0.344 e. The van der Waals surface area contributed by atoms with Crippen molar-refractivity contribution in [3.8, 4) is 5.75 Å². The second-order valence-electron chi connectivity index (χ2n) is 5.89. The molecule has 20 heavy (non-hydrogen) atoms. The number of carbonyl (C=O) groups excluding carboxylic acids is 1. The Kier molecular flexibility index (Phi) is 4.88. The van der Waals surface area contributed by atoms with Crippen molar-refractivity contribution in [1.29, 1.82) is 0 Å². The molecule has 2 rings (SSSR count). The zero-order chi connectivity index (χ0) is 14.5. The molecule has 2 unspecified atom stereocenters. The number of benzene rings is 1. The van der Waals surface area contributed by atoms with Gasteiger partial charge in [-0.25, -0.2) is 4.79 Å². The summed E-state index contributed by atoms with van der Waals surface area (Å²) in [6.07, 6.45) is 3.15. The molecular formula is C16H23NO3. The molecule has 1 aliphatic carbocycles. The molecule has 110 valence electrons. The van der Waals surface area contributed by atoms with Crippen molar-refractivity contribution in [3.05, 3.63) is 24.3 Å². The molecule has 0 bridgehead atoms. The van der Waals surface area contributed by atoms with Crippen LogP contribution >= 0.6 is 0 Å². The number of ether oxygens (including phenoxy) is 2. The summed E-state index contributed by atoms with van der Waals surface area (Å²) in [5.41, 5.74) is 6.27. The van der Waals surface area contributed by atoms with Gasteiger partial charge in [-0.2, -0.15) is 0 Å². The summed E-state index contributed by atoms with van der Waals surface area (Å²) >= 11 is 0. The third-order valence-electron chi connectivity index (χ3n) is 3.65. The molecule has 0 saturated heterocycles. The average Bonchev–Trinajstić information content (AvgIpc) is 2.35. The van der Waals surface area contributed by atoms with Crippen LogP contribution in [0.1, 0.15) is 33.1 Å². The highest BCUT2D eigenvalue weighted by atomic mass is 16.6. The van der Waals surface area contributed by atoms with E-state index in [2.05, 4.69) is 13.8 Å². The molecule has 2 atom stereocenters. The Bertz CT molecular complexity index is 451. The minimum absolute atomic E-state index is 0.0330. The Morgan fingerprint density at radius 1 is 1.25 bits per heavy atom. The van der Waals surface area contributed by atoms with E-state index in [4.69, 9.17) is 15.2 Å². The first-order chi connectivity index (χ1) is 9.52. The molecule has 0 spiro atoms. The van der Waals surface area contributed by atoms with Crippen molar-refractivity contribution in [3.63, 3.8) is 0 Å². The Balaban J connectivity index is 1.78. The molecule has 0 heterocycles. The fourth-order valence-corrected chi connectivity index (χ4v) is 2.94. The first kappa shape index (κ1) is 14.7. The van der Waals surface area contributed by atoms with Gasteiger partial charge in [0.05, 0.1) is 0 Å². The van der Waals surface area contributed by atoms with Gasteiger partial charge in [0.2, 0.25) is 0 Å². The fraction of sp³-hybridized carbons (Fsp3) is 0.562. The number of nitrogens with two attached hydrogens (primary N) is 1. The number of hydrogen-bond donors (Lipinski definition) is 1. The average molecular weight is 277 g/mol. The van der Waals surface area contributed by atoms with Crippen molar-refractivity contribution < 1.29 is 14.3 Å². The molecule has 2 N–H and O–H groups in total. The number of hydrogen-bond acceptors (Lipinski definition) is 4. The second-order valence-corrected chi connectivity index (χ2v) is 5.89. The Morgan fingerprint density at radius 2 is 1.95 bits per heavy atom. The molecule has 0 aliphatic heterocycles. The van der Waals surface area contributed by atoms with Gasteiger partial charge in [0.25, 0.3) is 0 Å². The van der Waals surface area contributed by atoms with Crippen molar-refractivity contribution in [2.75, 3.05) is 12.3 Å². The normalized spacial score (nSPS) is 26.0. The third kappa shape index (κ3) is 4.44. The van der Waals surface area contributed by atoms with Crippen LogP contribution in [0, 0.1) is 11.8 Å². The van der Waals surface area contributed by atoms with E-state index in [-0.39, 0.29) is 18.7 Å². The zero-order valence-corrected chi connectivity index (χ0v) is 12.2. The van der Waals surface area contributed by atoms with Crippen molar-refractivity contribution in [2.24, 2.45) is 11.8 Å². The second kappa shape index (κ2) is 6.64. The van der Waals surface area contributed by atoms with Crippen LogP contribution in [0.3, 0.4) is 0 Å². The lowest BCUT2D eigenvalue weighted by Gasteiger charge is -2.30. The van der Waals surface area contributed by atoms with Crippen LogP contribution in [0.15, 0.2) is 24.3 Å². The van der Waals surface area contributed by atoms with Gasteiger partial charge in [-0.3, -0.25) is 0 Å². The van der Waals surface area contributed by atoms with Crippen LogP contribution in [0.2, 0.25) is 0 Å². The molecule has 0 aromatic heterocycles. The summed E-state index contributed by atoms with van der Waals surface area (Å²) in [5.74, 6) is 1.52. The SMILES string of the molecule is CC1CC(C)CC(OC(=O)COc2cccc(N)c2)C1. The van der Waals surface area contributed by atoms with Crippen LogP contribution in [-0.4, -0.2) is 18.7 Å². The van der Waals surface area contributed by atoms with Crippen molar-refractivity contribution >= 4 is 11.7 Å². The third-order valence-corrected chi connectivity index (χ3v) is 3.65. The van der Waals surface area contributed by atoms with Crippen molar-refractivity contribution in [1.82, 2.24) is 0 Å². The quantitative estimate of drug-likeness (QED) is 0.679. The summed E-state index contributed by atoms with van der Waals surface area (Å²) in [5, 5.41) is 0. The van der Waals surface area contributed by atoms with Gasteiger partial charge < -0.3 is 15.2 Å². The summed E-state index contributed by atoms with van der Waals surface area (Å²) in [6, 6.07) is 7.03. The van der Waals surface area contributed by atoms with E-state index in [1.54, 1.807) is 24.3 Å².